The molecular formula is C26H18ClF5N10. The fraction of sp³-hybridized carbons (Fsp3) is 0.154. The number of nitrogens with zero attached hydrogens (tertiary/aromatic N) is 10. The molecule has 0 bridgehead atoms. The van der Waals surface area contributed by atoms with Gasteiger partial charge in [0.15, 0.2) is 5.82 Å². The van der Waals surface area contributed by atoms with Crippen LogP contribution in [0.15, 0.2) is 79.8 Å². The molecule has 6 aromatic rings. The van der Waals surface area contributed by atoms with Crippen LogP contribution in [0.2, 0.25) is 5.02 Å². The van der Waals surface area contributed by atoms with Crippen LogP contribution in [-0.4, -0.2) is 49.3 Å². The minimum Gasteiger partial charge on any atom is -0.263 e. The van der Waals surface area contributed by atoms with Gasteiger partial charge in [-0.15, -0.1) is 5.10 Å². The Morgan fingerprint density at radius 1 is 0.833 bits per heavy atom. The van der Waals surface area contributed by atoms with Crippen molar-refractivity contribution in [2.45, 2.75) is 25.6 Å². The van der Waals surface area contributed by atoms with Crippen molar-refractivity contribution in [1.29, 1.82) is 0 Å². The van der Waals surface area contributed by atoms with E-state index < -0.39 is 25.0 Å². The van der Waals surface area contributed by atoms with Gasteiger partial charge in [0, 0.05) is 47.9 Å². The van der Waals surface area contributed by atoms with E-state index in [1.54, 1.807) is 24.4 Å². The maximum Gasteiger partial charge on any atom is 0.333 e. The molecular weight excluding hydrogens is 583 g/mol. The first-order valence-electron chi connectivity index (χ1n) is 12.3. The van der Waals surface area contributed by atoms with E-state index in [1.165, 1.54) is 58.5 Å². The summed E-state index contributed by atoms with van der Waals surface area (Å²) in [5.41, 5.74) is 2.13. The van der Waals surface area contributed by atoms with Gasteiger partial charge in [0.2, 0.25) is 0 Å². The lowest BCUT2D eigenvalue weighted by Crippen LogP contribution is -2.16. The van der Waals surface area contributed by atoms with E-state index in [2.05, 4.69) is 30.6 Å². The highest BCUT2D eigenvalue weighted by atomic mass is 35.5. The topological polar surface area (TPSA) is 97.1 Å². The van der Waals surface area contributed by atoms with Crippen LogP contribution in [0.1, 0.15) is 30.5 Å². The van der Waals surface area contributed by atoms with Gasteiger partial charge >= 0.3 is 13.1 Å². The minimum atomic E-state index is -2.86. The summed E-state index contributed by atoms with van der Waals surface area (Å²) in [6.07, 6.45) is 9.83. The molecule has 6 rings (SSSR count). The number of benzene rings is 1. The van der Waals surface area contributed by atoms with Crippen molar-refractivity contribution in [3.63, 3.8) is 0 Å². The minimum absolute atomic E-state index is 0.0804. The Hall–Kier alpha value is -4.92. The molecule has 0 N–H and O–H groups in total. The van der Waals surface area contributed by atoms with E-state index in [-0.39, 0.29) is 22.7 Å². The van der Waals surface area contributed by atoms with Gasteiger partial charge in [-0.3, -0.25) is 9.67 Å². The molecule has 0 saturated carbocycles. The van der Waals surface area contributed by atoms with E-state index in [0.29, 0.717) is 37.6 Å². The molecule has 1 atom stereocenters. The van der Waals surface area contributed by atoms with Gasteiger partial charge in [-0.1, -0.05) is 22.9 Å². The molecule has 0 aliphatic heterocycles. The predicted molar refractivity (Wildman–Crippen MR) is 140 cm³/mol. The lowest BCUT2D eigenvalue weighted by Gasteiger charge is -2.17. The van der Waals surface area contributed by atoms with Crippen molar-refractivity contribution in [3.05, 3.63) is 102 Å². The third-order valence-corrected chi connectivity index (χ3v) is 6.79. The van der Waals surface area contributed by atoms with Gasteiger partial charge in [-0.2, -0.15) is 32.9 Å². The lowest BCUT2D eigenvalue weighted by atomic mass is 10.0. The van der Waals surface area contributed by atoms with Crippen molar-refractivity contribution >= 4 is 11.6 Å². The highest BCUT2D eigenvalue weighted by Crippen LogP contribution is 2.34. The third-order valence-electron chi connectivity index (χ3n) is 6.50. The molecule has 0 aliphatic carbocycles. The fourth-order valence-corrected chi connectivity index (χ4v) is 4.72. The molecule has 0 spiro atoms. The van der Waals surface area contributed by atoms with Crippen molar-refractivity contribution in [2.75, 3.05) is 0 Å². The first-order chi connectivity index (χ1) is 20.3. The Balaban J connectivity index is 1.40. The summed E-state index contributed by atoms with van der Waals surface area (Å²) in [6.45, 7) is -5.69. The van der Waals surface area contributed by atoms with Crippen molar-refractivity contribution in [2.24, 2.45) is 0 Å². The Morgan fingerprint density at radius 2 is 1.69 bits per heavy atom. The normalized spacial score (nSPS) is 12.5. The van der Waals surface area contributed by atoms with Crippen LogP contribution < -0.4 is 0 Å². The molecule has 16 heteroatoms. The summed E-state index contributed by atoms with van der Waals surface area (Å²) in [7, 11) is 0. The number of pyridine rings is 1. The van der Waals surface area contributed by atoms with Crippen molar-refractivity contribution in [1.82, 2.24) is 49.3 Å². The molecule has 1 aromatic carbocycles. The molecule has 0 aliphatic rings. The first kappa shape index (κ1) is 27.3. The van der Waals surface area contributed by atoms with E-state index in [4.69, 9.17) is 11.6 Å². The Kier molecular flexibility index (Phi) is 7.24. The van der Waals surface area contributed by atoms with Crippen LogP contribution in [0.25, 0.3) is 28.1 Å². The molecule has 5 heterocycles. The van der Waals surface area contributed by atoms with Crippen LogP contribution >= 0.6 is 11.6 Å². The molecule has 214 valence electrons. The summed E-state index contributed by atoms with van der Waals surface area (Å²) < 4.78 is 72.4. The van der Waals surface area contributed by atoms with Crippen LogP contribution in [0, 0.1) is 5.82 Å². The maximum atomic E-state index is 15.3. The number of alkyl halides is 4. The zero-order valence-corrected chi connectivity index (χ0v) is 21.9. The molecule has 42 heavy (non-hydrogen) atoms. The second kappa shape index (κ2) is 11.2. The van der Waals surface area contributed by atoms with Gasteiger partial charge in [-0.25, -0.2) is 18.4 Å². The smallest absolute Gasteiger partial charge is 0.263 e. The second-order valence-corrected chi connectivity index (χ2v) is 9.41. The molecule has 10 nitrogen and oxygen atoms in total. The van der Waals surface area contributed by atoms with Crippen molar-refractivity contribution < 1.29 is 22.0 Å². The molecule has 0 radical (unpaired) electrons. The standard InChI is InChI=1S/C26H18ClF5N10/c27-18-2-4-21(39-10-8-34-38-39)23(24(18)28)15-1-3-19(33-12-15)22(11-17-6-9-40(37-17)25(29)30)41-14-16(13-36-41)20-5-7-35-42(20)26(31)32/h1-10,12-14,22,25-26H,11H2/t22-/m0/s1. The van der Waals surface area contributed by atoms with Crippen LogP contribution in [0.5, 0.6) is 0 Å². The Bertz CT molecular complexity index is 1810. The summed E-state index contributed by atoms with van der Waals surface area (Å²) in [4.78, 5) is 4.54. The fourth-order valence-electron chi connectivity index (χ4n) is 4.56. The van der Waals surface area contributed by atoms with Crippen LogP contribution in [0.3, 0.4) is 0 Å². The second-order valence-electron chi connectivity index (χ2n) is 9.01. The molecule has 0 saturated heterocycles. The molecule has 5 aromatic heterocycles. The van der Waals surface area contributed by atoms with Gasteiger partial charge in [0.25, 0.3) is 0 Å². The van der Waals surface area contributed by atoms with Gasteiger partial charge in [0.1, 0.15) is 0 Å². The number of hydrogen-bond donors (Lipinski definition) is 0. The lowest BCUT2D eigenvalue weighted by molar-refractivity contribution is 0.0560. The molecule has 0 unspecified atom stereocenters. The summed E-state index contributed by atoms with van der Waals surface area (Å²) in [5, 5.41) is 19.5. The SMILES string of the molecule is Fc1c(Cl)ccc(-n2ccnn2)c1-c1ccc([C@H](Cc2ccn(C(F)F)n2)n2cc(-c3ccnn3C(F)F)cn2)nc1. The van der Waals surface area contributed by atoms with E-state index in [9.17, 15) is 17.6 Å². The predicted octanol–water partition coefficient (Wildman–Crippen LogP) is 6.00. The van der Waals surface area contributed by atoms with Gasteiger partial charge < -0.3 is 0 Å². The van der Waals surface area contributed by atoms with Crippen molar-refractivity contribution in [3.8, 4) is 28.1 Å². The zero-order valence-electron chi connectivity index (χ0n) is 21.2. The number of aromatic nitrogens is 10. The zero-order chi connectivity index (χ0) is 29.4. The highest BCUT2D eigenvalue weighted by Gasteiger charge is 2.23. The summed E-state index contributed by atoms with van der Waals surface area (Å²) in [6, 6.07) is 8.42. The van der Waals surface area contributed by atoms with Gasteiger partial charge in [0.05, 0.1) is 52.4 Å². The Labute approximate surface area is 238 Å². The quantitative estimate of drug-likeness (QED) is 0.189. The molecule has 0 fully saturated rings. The number of rotatable bonds is 9. The Morgan fingerprint density at radius 3 is 2.38 bits per heavy atom. The monoisotopic (exact) mass is 600 g/mol. The van der Waals surface area contributed by atoms with E-state index in [0.717, 1.165) is 6.20 Å². The van der Waals surface area contributed by atoms with E-state index in [1.807, 2.05) is 0 Å². The number of halogens is 6. The van der Waals surface area contributed by atoms with E-state index >= 15 is 4.39 Å². The van der Waals surface area contributed by atoms with Crippen LogP contribution in [0.4, 0.5) is 22.0 Å². The van der Waals surface area contributed by atoms with Gasteiger partial charge in [-0.05, 0) is 30.3 Å². The highest BCUT2D eigenvalue weighted by molar-refractivity contribution is 6.31. The first-order valence-corrected chi connectivity index (χ1v) is 12.7. The average molecular weight is 601 g/mol. The molecule has 0 amide bonds. The maximum absolute atomic E-state index is 15.3. The summed E-state index contributed by atoms with van der Waals surface area (Å²) >= 11 is 6.08. The summed E-state index contributed by atoms with van der Waals surface area (Å²) in [5.74, 6) is -0.680. The number of hydrogen-bond acceptors (Lipinski definition) is 6. The third kappa shape index (κ3) is 5.13. The largest absolute Gasteiger partial charge is 0.333 e. The average Bonchev–Trinajstić information content (AvgIpc) is 3.80. The van der Waals surface area contributed by atoms with Crippen LogP contribution in [-0.2, 0) is 6.42 Å².